The standard InChI is InChI=1S/C31H38ClN3O4S2/c1-6-23(4)33-31(37)29(7-2)34(20-24-10-12-25(32)13-11-24)30(36)21-35(26-14-8-22(3)9-15-26)41(38,39)28-18-16-27(40-5)17-19-28/h8-19,23,29H,6-7,20-21H2,1-5H3,(H,33,37)/t23-,29-/m1/s1. The molecule has 220 valence electrons. The van der Waals surface area contributed by atoms with Crippen LogP contribution in [0.3, 0.4) is 0 Å². The van der Waals surface area contributed by atoms with E-state index < -0.39 is 28.5 Å². The van der Waals surface area contributed by atoms with Gasteiger partial charge in [-0.05, 0) is 87.0 Å². The first kappa shape index (κ1) is 32.5. The molecule has 0 aliphatic heterocycles. The highest BCUT2D eigenvalue weighted by Gasteiger charge is 2.34. The number of nitrogens with one attached hydrogen (secondary N) is 1. The molecule has 0 bridgehead atoms. The van der Waals surface area contributed by atoms with Crippen LogP contribution in [0.2, 0.25) is 5.02 Å². The van der Waals surface area contributed by atoms with E-state index >= 15 is 0 Å². The summed E-state index contributed by atoms with van der Waals surface area (Å²) in [7, 11) is -4.12. The molecule has 0 heterocycles. The van der Waals surface area contributed by atoms with E-state index in [-0.39, 0.29) is 23.4 Å². The molecule has 0 saturated carbocycles. The monoisotopic (exact) mass is 615 g/mol. The third-order valence-corrected chi connectivity index (χ3v) is 9.69. The van der Waals surface area contributed by atoms with Crippen molar-refractivity contribution in [3.63, 3.8) is 0 Å². The zero-order valence-corrected chi connectivity index (χ0v) is 26.5. The fourth-order valence-corrected chi connectivity index (χ4v) is 6.21. The van der Waals surface area contributed by atoms with Crippen LogP contribution < -0.4 is 9.62 Å². The topological polar surface area (TPSA) is 86.8 Å². The lowest BCUT2D eigenvalue weighted by atomic mass is 10.1. The van der Waals surface area contributed by atoms with Gasteiger partial charge in [-0.25, -0.2) is 8.42 Å². The normalized spacial score (nSPS) is 12.8. The van der Waals surface area contributed by atoms with E-state index in [2.05, 4.69) is 5.32 Å². The third-order valence-electron chi connectivity index (χ3n) is 6.90. The summed E-state index contributed by atoms with van der Waals surface area (Å²) in [5, 5.41) is 3.53. The van der Waals surface area contributed by atoms with Crippen molar-refractivity contribution in [1.29, 1.82) is 0 Å². The Morgan fingerprint density at radius 1 is 0.927 bits per heavy atom. The van der Waals surface area contributed by atoms with Gasteiger partial charge in [0.1, 0.15) is 12.6 Å². The summed E-state index contributed by atoms with van der Waals surface area (Å²) >= 11 is 7.59. The van der Waals surface area contributed by atoms with Gasteiger partial charge in [-0.3, -0.25) is 13.9 Å². The molecule has 3 rings (SSSR count). The van der Waals surface area contributed by atoms with E-state index in [1.54, 1.807) is 72.8 Å². The van der Waals surface area contributed by atoms with Crippen molar-refractivity contribution in [1.82, 2.24) is 10.2 Å². The van der Waals surface area contributed by atoms with Crippen molar-refractivity contribution in [2.75, 3.05) is 17.1 Å². The highest BCUT2D eigenvalue weighted by molar-refractivity contribution is 7.98. The van der Waals surface area contributed by atoms with Crippen LogP contribution >= 0.6 is 23.4 Å². The summed E-state index contributed by atoms with van der Waals surface area (Å²) in [6.07, 6.45) is 3.01. The molecular formula is C31H38ClN3O4S2. The Hall–Kier alpha value is -3.01. The lowest BCUT2D eigenvalue weighted by molar-refractivity contribution is -0.140. The number of rotatable bonds is 13. The molecule has 0 saturated heterocycles. The van der Waals surface area contributed by atoms with Gasteiger partial charge >= 0.3 is 0 Å². The molecule has 0 spiro atoms. The molecule has 2 atom stereocenters. The maximum absolute atomic E-state index is 14.1. The van der Waals surface area contributed by atoms with E-state index in [0.29, 0.717) is 17.1 Å². The molecule has 0 aliphatic rings. The Bertz CT molecular complexity index is 1410. The van der Waals surface area contributed by atoms with Crippen LogP contribution in [0.25, 0.3) is 0 Å². The zero-order chi connectivity index (χ0) is 30.2. The number of sulfonamides is 1. The molecule has 41 heavy (non-hydrogen) atoms. The summed E-state index contributed by atoms with van der Waals surface area (Å²) in [5.41, 5.74) is 2.09. The van der Waals surface area contributed by atoms with Gasteiger partial charge in [0.25, 0.3) is 10.0 Å². The summed E-state index contributed by atoms with van der Waals surface area (Å²) in [6.45, 7) is 7.26. The summed E-state index contributed by atoms with van der Waals surface area (Å²) in [6, 6.07) is 19.7. The fourth-order valence-electron chi connectivity index (χ4n) is 4.26. The summed E-state index contributed by atoms with van der Waals surface area (Å²) in [4.78, 5) is 29.9. The summed E-state index contributed by atoms with van der Waals surface area (Å²) in [5.74, 6) is -0.766. The van der Waals surface area contributed by atoms with Crippen LogP contribution in [-0.4, -0.2) is 50.0 Å². The van der Waals surface area contributed by atoms with Crippen molar-refractivity contribution < 1.29 is 18.0 Å². The maximum Gasteiger partial charge on any atom is 0.264 e. The van der Waals surface area contributed by atoms with E-state index in [9.17, 15) is 18.0 Å². The molecule has 2 amide bonds. The van der Waals surface area contributed by atoms with Gasteiger partial charge in [-0.2, -0.15) is 0 Å². The Labute approximate surface area is 253 Å². The molecular weight excluding hydrogens is 578 g/mol. The maximum atomic E-state index is 14.1. The number of amides is 2. The third kappa shape index (κ3) is 8.50. The van der Waals surface area contributed by atoms with Crippen molar-refractivity contribution >= 4 is 50.9 Å². The molecule has 3 aromatic carbocycles. The molecule has 10 heteroatoms. The molecule has 0 aliphatic carbocycles. The highest BCUT2D eigenvalue weighted by Crippen LogP contribution is 2.27. The second-order valence-corrected chi connectivity index (χ2v) is 13.1. The second-order valence-electron chi connectivity index (χ2n) is 9.91. The minimum Gasteiger partial charge on any atom is -0.352 e. The number of aryl methyl sites for hydroxylation is 1. The first-order chi connectivity index (χ1) is 19.5. The molecule has 3 aromatic rings. The number of halogens is 1. The number of anilines is 1. The molecule has 7 nitrogen and oxygen atoms in total. The fraction of sp³-hybridized carbons (Fsp3) is 0.355. The molecule has 0 unspecified atom stereocenters. The van der Waals surface area contributed by atoms with E-state index in [0.717, 1.165) is 26.7 Å². The minimum absolute atomic E-state index is 0.0716. The van der Waals surface area contributed by atoms with Gasteiger partial charge in [-0.1, -0.05) is 55.3 Å². The average molecular weight is 616 g/mol. The van der Waals surface area contributed by atoms with Gasteiger partial charge in [0.05, 0.1) is 10.6 Å². The number of carbonyl (C=O) groups excluding carboxylic acids is 2. The van der Waals surface area contributed by atoms with E-state index in [4.69, 9.17) is 11.6 Å². The van der Waals surface area contributed by atoms with Crippen molar-refractivity contribution in [3.05, 3.63) is 88.9 Å². The molecule has 0 fully saturated rings. The van der Waals surface area contributed by atoms with E-state index in [1.807, 2.05) is 34.0 Å². The number of nitrogens with zero attached hydrogens (tertiary/aromatic N) is 2. The van der Waals surface area contributed by atoms with Crippen molar-refractivity contribution in [2.45, 2.75) is 69.0 Å². The lowest BCUT2D eigenvalue weighted by Gasteiger charge is -2.33. The predicted molar refractivity (Wildman–Crippen MR) is 168 cm³/mol. The predicted octanol–water partition coefficient (Wildman–Crippen LogP) is 6.29. The molecule has 0 radical (unpaired) electrons. The Morgan fingerprint density at radius 3 is 2.07 bits per heavy atom. The van der Waals surface area contributed by atoms with Gasteiger partial charge in [0, 0.05) is 22.5 Å². The van der Waals surface area contributed by atoms with Gasteiger partial charge in [0.2, 0.25) is 11.8 Å². The molecule has 0 aromatic heterocycles. The number of carbonyl (C=O) groups is 2. The smallest absolute Gasteiger partial charge is 0.264 e. The van der Waals surface area contributed by atoms with Crippen LogP contribution in [0.15, 0.2) is 82.6 Å². The van der Waals surface area contributed by atoms with Crippen LogP contribution in [0.5, 0.6) is 0 Å². The van der Waals surface area contributed by atoms with Crippen LogP contribution in [-0.2, 0) is 26.2 Å². The number of hydrogen-bond donors (Lipinski definition) is 1. The first-order valence-corrected chi connectivity index (χ1v) is 16.6. The van der Waals surface area contributed by atoms with Gasteiger partial charge < -0.3 is 10.2 Å². The number of thioether (sulfide) groups is 1. The largest absolute Gasteiger partial charge is 0.352 e. The lowest BCUT2D eigenvalue weighted by Crippen LogP contribution is -2.53. The average Bonchev–Trinajstić information content (AvgIpc) is 2.97. The number of hydrogen-bond acceptors (Lipinski definition) is 5. The first-order valence-electron chi connectivity index (χ1n) is 13.6. The Kier molecular flexibility index (Phi) is 11.7. The van der Waals surface area contributed by atoms with E-state index in [1.165, 1.54) is 16.7 Å². The van der Waals surface area contributed by atoms with Crippen LogP contribution in [0.4, 0.5) is 5.69 Å². The second kappa shape index (κ2) is 14.8. The van der Waals surface area contributed by atoms with Crippen molar-refractivity contribution in [2.24, 2.45) is 0 Å². The highest BCUT2D eigenvalue weighted by atomic mass is 35.5. The van der Waals surface area contributed by atoms with Crippen LogP contribution in [0, 0.1) is 6.92 Å². The quantitative estimate of drug-likeness (QED) is 0.229. The van der Waals surface area contributed by atoms with Crippen LogP contribution in [0.1, 0.15) is 44.7 Å². The van der Waals surface area contributed by atoms with Crippen molar-refractivity contribution in [3.8, 4) is 0 Å². The summed E-state index contributed by atoms with van der Waals surface area (Å²) < 4.78 is 29.1. The molecule has 1 N–H and O–H groups in total. The SMILES string of the molecule is CC[C@@H](C)NC(=O)[C@@H](CC)N(Cc1ccc(Cl)cc1)C(=O)CN(c1ccc(C)cc1)S(=O)(=O)c1ccc(SC)cc1. The number of benzene rings is 3. The Morgan fingerprint density at radius 2 is 1.54 bits per heavy atom. The van der Waals surface area contributed by atoms with Gasteiger partial charge in [-0.15, -0.1) is 11.8 Å². The minimum atomic E-state index is -4.12. The zero-order valence-electron chi connectivity index (χ0n) is 24.1. The Balaban J connectivity index is 2.05. The van der Waals surface area contributed by atoms with Gasteiger partial charge in [0.15, 0.2) is 0 Å².